The number of hydrogen-bond donors (Lipinski definition) is 1. The number of aliphatic hydroxyl groups is 1. The third kappa shape index (κ3) is 6.35. The molecule has 0 aromatic heterocycles. The maximum absolute atomic E-state index is 10.7. The topological polar surface area (TPSA) is 20.2 Å². The summed E-state index contributed by atoms with van der Waals surface area (Å²) in [4.78, 5) is 0. The van der Waals surface area contributed by atoms with Crippen molar-refractivity contribution >= 4 is 0 Å². The first-order chi connectivity index (χ1) is 13.6. The lowest BCUT2D eigenvalue weighted by atomic mass is 9.65. The second kappa shape index (κ2) is 11.2. The smallest absolute Gasteiger partial charge is 0.0828 e. The SMILES string of the molecule is CCCCC[C@H]1CC[C@H](C2CCC(C3C=CC(O)(CCCC)CC3)CC2)CC1. The van der Waals surface area contributed by atoms with E-state index in [1.54, 1.807) is 0 Å². The molecule has 162 valence electrons. The van der Waals surface area contributed by atoms with Crippen molar-refractivity contribution in [2.75, 3.05) is 0 Å². The van der Waals surface area contributed by atoms with Crippen molar-refractivity contribution in [1.29, 1.82) is 0 Å². The Morgan fingerprint density at radius 2 is 1.36 bits per heavy atom. The number of hydrogen-bond acceptors (Lipinski definition) is 1. The molecule has 0 spiro atoms. The maximum Gasteiger partial charge on any atom is 0.0828 e. The van der Waals surface area contributed by atoms with Crippen molar-refractivity contribution in [2.45, 2.75) is 129 Å². The minimum absolute atomic E-state index is 0.487. The van der Waals surface area contributed by atoms with Gasteiger partial charge in [0.15, 0.2) is 0 Å². The third-order valence-corrected chi connectivity index (χ3v) is 8.72. The minimum Gasteiger partial charge on any atom is -0.386 e. The molecule has 2 fully saturated rings. The Labute approximate surface area is 175 Å². The second-order valence-electron chi connectivity index (χ2n) is 10.7. The molecule has 1 N–H and O–H groups in total. The van der Waals surface area contributed by atoms with Crippen LogP contribution in [0.4, 0.5) is 0 Å². The molecule has 2 unspecified atom stereocenters. The highest BCUT2D eigenvalue weighted by molar-refractivity contribution is 5.09. The van der Waals surface area contributed by atoms with Crippen molar-refractivity contribution in [1.82, 2.24) is 0 Å². The van der Waals surface area contributed by atoms with Gasteiger partial charge in [0.1, 0.15) is 0 Å². The monoisotopic (exact) mass is 388 g/mol. The van der Waals surface area contributed by atoms with E-state index in [1.165, 1.54) is 89.9 Å². The van der Waals surface area contributed by atoms with E-state index < -0.39 is 5.60 Å². The first kappa shape index (κ1) is 22.4. The number of allylic oxidation sites excluding steroid dienone is 1. The van der Waals surface area contributed by atoms with Crippen molar-refractivity contribution in [3.05, 3.63) is 12.2 Å². The number of rotatable bonds is 9. The Morgan fingerprint density at radius 1 is 0.750 bits per heavy atom. The summed E-state index contributed by atoms with van der Waals surface area (Å²) in [6.07, 6.45) is 27.9. The molecular formula is C27H48O. The largest absolute Gasteiger partial charge is 0.386 e. The molecule has 3 aliphatic carbocycles. The zero-order valence-corrected chi connectivity index (χ0v) is 19.0. The zero-order valence-electron chi connectivity index (χ0n) is 19.0. The molecular weight excluding hydrogens is 340 g/mol. The van der Waals surface area contributed by atoms with Gasteiger partial charge in [0.2, 0.25) is 0 Å². The Bertz CT molecular complexity index is 453. The average molecular weight is 389 g/mol. The molecule has 0 aromatic rings. The van der Waals surface area contributed by atoms with Crippen LogP contribution in [0.25, 0.3) is 0 Å². The lowest BCUT2D eigenvalue weighted by Gasteiger charge is -2.41. The fraction of sp³-hybridized carbons (Fsp3) is 0.926. The van der Waals surface area contributed by atoms with Gasteiger partial charge in [0.25, 0.3) is 0 Å². The summed E-state index contributed by atoms with van der Waals surface area (Å²) in [5, 5.41) is 10.7. The highest BCUT2D eigenvalue weighted by Gasteiger charge is 2.35. The molecule has 0 aromatic carbocycles. The fourth-order valence-electron chi connectivity index (χ4n) is 6.66. The minimum atomic E-state index is -0.487. The van der Waals surface area contributed by atoms with E-state index in [4.69, 9.17) is 0 Å². The van der Waals surface area contributed by atoms with Gasteiger partial charge >= 0.3 is 0 Å². The highest BCUT2D eigenvalue weighted by Crippen LogP contribution is 2.45. The molecule has 3 aliphatic rings. The summed E-state index contributed by atoms with van der Waals surface area (Å²) in [6, 6.07) is 0. The molecule has 1 heteroatoms. The van der Waals surface area contributed by atoms with Gasteiger partial charge in [-0.3, -0.25) is 0 Å². The van der Waals surface area contributed by atoms with E-state index in [2.05, 4.69) is 26.0 Å². The van der Waals surface area contributed by atoms with Crippen LogP contribution in [-0.2, 0) is 0 Å². The van der Waals surface area contributed by atoms with E-state index in [0.29, 0.717) is 0 Å². The summed E-state index contributed by atoms with van der Waals surface area (Å²) < 4.78 is 0. The van der Waals surface area contributed by atoms with E-state index in [-0.39, 0.29) is 0 Å². The van der Waals surface area contributed by atoms with Gasteiger partial charge in [-0.15, -0.1) is 0 Å². The van der Waals surface area contributed by atoms with Crippen LogP contribution < -0.4 is 0 Å². The summed E-state index contributed by atoms with van der Waals surface area (Å²) in [7, 11) is 0. The lowest BCUT2D eigenvalue weighted by Crippen LogP contribution is -2.33. The molecule has 3 rings (SSSR count). The molecule has 2 atom stereocenters. The quantitative estimate of drug-likeness (QED) is 0.313. The molecule has 0 radical (unpaired) electrons. The summed E-state index contributed by atoms with van der Waals surface area (Å²) >= 11 is 0. The van der Waals surface area contributed by atoms with Gasteiger partial charge in [-0.1, -0.05) is 77.4 Å². The first-order valence-corrected chi connectivity index (χ1v) is 13.0. The Balaban J connectivity index is 1.37. The van der Waals surface area contributed by atoms with Gasteiger partial charge in [-0.2, -0.15) is 0 Å². The van der Waals surface area contributed by atoms with Gasteiger partial charge in [0, 0.05) is 0 Å². The molecule has 28 heavy (non-hydrogen) atoms. The predicted octanol–water partition coefficient (Wildman–Crippen LogP) is 8.07. The van der Waals surface area contributed by atoms with E-state index in [0.717, 1.165) is 48.9 Å². The van der Waals surface area contributed by atoms with Crippen LogP contribution in [0.5, 0.6) is 0 Å². The number of unbranched alkanes of at least 4 members (excludes halogenated alkanes) is 3. The van der Waals surface area contributed by atoms with E-state index in [1.807, 2.05) is 0 Å². The maximum atomic E-state index is 10.7. The standard InChI is InChI=1S/C27H48O/c1-3-5-7-8-22-9-11-23(12-10-22)24-13-15-25(16-14-24)26-17-20-27(28,21-18-26)19-6-4-2/h17,20,22-26,28H,3-16,18-19,21H2,1-2H3/t22-,23-,24?,25?,26?,27?. The average Bonchev–Trinajstić information content (AvgIpc) is 2.74. The molecule has 1 nitrogen and oxygen atoms in total. The predicted molar refractivity (Wildman–Crippen MR) is 121 cm³/mol. The normalized spacial score (nSPS) is 39.2. The van der Waals surface area contributed by atoms with Gasteiger partial charge in [-0.05, 0) is 87.4 Å². The van der Waals surface area contributed by atoms with Crippen LogP contribution in [0.2, 0.25) is 0 Å². The highest BCUT2D eigenvalue weighted by atomic mass is 16.3. The van der Waals surface area contributed by atoms with Crippen molar-refractivity contribution in [2.24, 2.45) is 29.6 Å². The summed E-state index contributed by atoms with van der Waals surface area (Å²) in [6.45, 7) is 4.54. The molecule has 0 bridgehead atoms. The van der Waals surface area contributed by atoms with E-state index in [9.17, 15) is 5.11 Å². The Kier molecular flexibility index (Phi) is 8.95. The van der Waals surface area contributed by atoms with Crippen LogP contribution in [0, 0.1) is 29.6 Å². The molecule has 0 heterocycles. The summed E-state index contributed by atoms with van der Waals surface area (Å²) in [5.74, 6) is 4.77. The lowest BCUT2D eigenvalue weighted by molar-refractivity contribution is 0.0484. The first-order valence-electron chi connectivity index (χ1n) is 13.0. The van der Waals surface area contributed by atoms with Crippen molar-refractivity contribution in [3.8, 4) is 0 Å². The van der Waals surface area contributed by atoms with Crippen LogP contribution in [0.3, 0.4) is 0 Å². The van der Waals surface area contributed by atoms with Crippen molar-refractivity contribution < 1.29 is 5.11 Å². The molecule has 0 aliphatic heterocycles. The van der Waals surface area contributed by atoms with E-state index >= 15 is 0 Å². The van der Waals surface area contributed by atoms with Crippen LogP contribution >= 0.6 is 0 Å². The molecule has 0 saturated heterocycles. The van der Waals surface area contributed by atoms with Gasteiger partial charge < -0.3 is 5.11 Å². The fourth-order valence-corrected chi connectivity index (χ4v) is 6.66. The van der Waals surface area contributed by atoms with Crippen LogP contribution in [0.1, 0.15) is 123 Å². The summed E-state index contributed by atoms with van der Waals surface area (Å²) in [5.41, 5.74) is -0.487. The van der Waals surface area contributed by atoms with Gasteiger partial charge in [-0.25, -0.2) is 0 Å². The Hall–Kier alpha value is -0.300. The zero-order chi connectivity index (χ0) is 19.8. The van der Waals surface area contributed by atoms with Crippen LogP contribution in [0.15, 0.2) is 12.2 Å². The second-order valence-corrected chi connectivity index (χ2v) is 10.7. The van der Waals surface area contributed by atoms with Crippen LogP contribution in [-0.4, -0.2) is 10.7 Å². The Morgan fingerprint density at radius 3 is 1.93 bits per heavy atom. The van der Waals surface area contributed by atoms with Crippen molar-refractivity contribution in [3.63, 3.8) is 0 Å². The third-order valence-electron chi connectivity index (χ3n) is 8.72. The molecule has 2 saturated carbocycles. The molecule has 0 amide bonds. The van der Waals surface area contributed by atoms with Gasteiger partial charge in [0.05, 0.1) is 5.60 Å².